The first-order chi connectivity index (χ1) is 15.1. The number of carbonyl (C=O) groups is 3. The van der Waals surface area contributed by atoms with Gasteiger partial charge in [0.05, 0.1) is 17.9 Å². The van der Waals surface area contributed by atoms with Gasteiger partial charge in [0.2, 0.25) is 5.91 Å². The molecular formula is C24H28N2O4S. The van der Waals surface area contributed by atoms with E-state index in [0.717, 1.165) is 23.5 Å². The zero-order chi connectivity index (χ0) is 21.8. The summed E-state index contributed by atoms with van der Waals surface area (Å²) in [4.78, 5) is 43.0. The van der Waals surface area contributed by atoms with Crippen LogP contribution in [-0.4, -0.2) is 60.7 Å². The second-order valence-corrected chi connectivity index (χ2v) is 9.21. The van der Waals surface area contributed by atoms with E-state index in [-0.39, 0.29) is 29.4 Å². The van der Waals surface area contributed by atoms with Crippen molar-refractivity contribution < 1.29 is 19.1 Å². The fourth-order valence-electron chi connectivity index (χ4n) is 4.53. The molecule has 2 aliphatic rings. The molecule has 3 heterocycles. The molecule has 1 aromatic heterocycles. The highest BCUT2D eigenvalue weighted by Crippen LogP contribution is 2.27. The molecule has 0 saturated carbocycles. The molecule has 1 atom stereocenters. The van der Waals surface area contributed by atoms with Crippen molar-refractivity contribution in [3.05, 3.63) is 52.2 Å². The minimum absolute atomic E-state index is 0.0243. The third-order valence-electron chi connectivity index (χ3n) is 6.34. The molecule has 0 aliphatic carbocycles. The second kappa shape index (κ2) is 9.64. The first-order valence-corrected chi connectivity index (χ1v) is 11.7. The van der Waals surface area contributed by atoms with Gasteiger partial charge in [-0.25, -0.2) is 0 Å². The largest absolute Gasteiger partial charge is 0.497 e. The molecule has 6 nitrogen and oxygen atoms in total. The highest BCUT2D eigenvalue weighted by atomic mass is 32.1. The van der Waals surface area contributed by atoms with Gasteiger partial charge in [0.1, 0.15) is 5.75 Å². The van der Waals surface area contributed by atoms with Gasteiger partial charge in [-0.05, 0) is 61.4 Å². The molecule has 0 radical (unpaired) electrons. The van der Waals surface area contributed by atoms with Gasteiger partial charge in [0.25, 0.3) is 5.91 Å². The number of hydrogen-bond donors (Lipinski definition) is 0. The van der Waals surface area contributed by atoms with Crippen molar-refractivity contribution in [1.82, 2.24) is 9.80 Å². The Morgan fingerprint density at radius 1 is 0.935 bits per heavy atom. The Hall–Kier alpha value is -2.67. The lowest BCUT2D eigenvalue weighted by atomic mass is 9.87. The van der Waals surface area contributed by atoms with Crippen LogP contribution in [0.4, 0.5) is 0 Å². The van der Waals surface area contributed by atoms with Crippen molar-refractivity contribution in [1.29, 1.82) is 0 Å². The number of Topliss-reactive ketones (excluding diaryl/α,β-unsaturated/α-hetero) is 1. The molecule has 0 spiro atoms. The predicted molar refractivity (Wildman–Crippen MR) is 120 cm³/mol. The lowest BCUT2D eigenvalue weighted by Crippen LogP contribution is -2.49. The van der Waals surface area contributed by atoms with Gasteiger partial charge in [0.15, 0.2) is 5.78 Å². The number of ketones is 1. The maximum Gasteiger partial charge on any atom is 0.263 e. The fourth-order valence-corrected chi connectivity index (χ4v) is 5.22. The summed E-state index contributed by atoms with van der Waals surface area (Å²) in [5.74, 6) is 0.818. The predicted octanol–water partition coefficient (Wildman–Crippen LogP) is 3.73. The monoisotopic (exact) mass is 440 g/mol. The van der Waals surface area contributed by atoms with Crippen molar-refractivity contribution in [3.8, 4) is 5.75 Å². The molecule has 1 aromatic carbocycles. The Bertz CT molecular complexity index is 918. The number of thiophene rings is 1. The van der Waals surface area contributed by atoms with Gasteiger partial charge in [-0.3, -0.25) is 14.4 Å². The Balaban J connectivity index is 1.31. The van der Waals surface area contributed by atoms with E-state index in [1.807, 2.05) is 27.3 Å². The summed E-state index contributed by atoms with van der Waals surface area (Å²) >= 11 is 1.44. The zero-order valence-electron chi connectivity index (χ0n) is 17.8. The quantitative estimate of drug-likeness (QED) is 0.665. The molecule has 2 aromatic rings. The molecule has 4 rings (SSSR count). The molecule has 31 heavy (non-hydrogen) atoms. The average molecular weight is 441 g/mol. The van der Waals surface area contributed by atoms with E-state index in [2.05, 4.69) is 0 Å². The van der Waals surface area contributed by atoms with Gasteiger partial charge in [0, 0.05) is 37.7 Å². The number of piperidine rings is 2. The van der Waals surface area contributed by atoms with E-state index in [0.29, 0.717) is 44.6 Å². The van der Waals surface area contributed by atoms with Crippen LogP contribution < -0.4 is 4.74 Å². The summed E-state index contributed by atoms with van der Waals surface area (Å²) in [7, 11) is 1.60. The Kier molecular flexibility index (Phi) is 6.70. The van der Waals surface area contributed by atoms with E-state index < -0.39 is 0 Å². The van der Waals surface area contributed by atoms with Crippen LogP contribution in [0.25, 0.3) is 0 Å². The standard InChI is InChI=1S/C24H28N2O4S/c1-30-20-8-6-17(7-9-20)22(27)18-10-13-25(14-11-18)23(28)19-4-2-12-26(16-19)24(29)21-5-3-15-31-21/h3,5-9,15,18-19H,2,4,10-14,16H2,1H3. The number of methoxy groups -OCH3 is 1. The van der Waals surface area contributed by atoms with Crippen molar-refractivity contribution >= 4 is 28.9 Å². The van der Waals surface area contributed by atoms with Crippen LogP contribution in [0.5, 0.6) is 5.75 Å². The summed E-state index contributed by atoms with van der Waals surface area (Å²) in [5.41, 5.74) is 0.695. The molecule has 7 heteroatoms. The van der Waals surface area contributed by atoms with Crippen LogP contribution >= 0.6 is 11.3 Å². The van der Waals surface area contributed by atoms with Crippen molar-refractivity contribution in [2.45, 2.75) is 25.7 Å². The number of amides is 2. The number of likely N-dealkylation sites (tertiary alicyclic amines) is 2. The molecule has 2 amide bonds. The van der Waals surface area contributed by atoms with Crippen molar-refractivity contribution in [2.24, 2.45) is 11.8 Å². The lowest BCUT2D eigenvalue weighted by Gasteiger charge is -2.37. The van der Waals surface area contributed by atoms with Gasteiger partial charge >= 0.3 is 0 Å². The highest BCUT2D eigenvalue weighted by molar-refractivity contribution is 7.12. The first kappa shape index (κ1) is 21.6. The average Bonchev–Trinajstić information content (AvgIpc) is 3.38. The van der Waals surface area contributed by atoms with Gasteiger partial charge < -0.3 is 14.5 Å². The number of benzene rings is 1. The number of nitrogens with zero attached hydrogens (tertiary/aromatic N) is 2. The molecule has 0 bridgehead atoms. The van der Waals surface area contributed by atoms with Gasteiger partial charge in [-0.2, -0.15) is 0 Å². The number of hydrogen-bond acceptors (Lipinski definition) is 5. The highest BCUT2D eigenvalue weighted by Gasteiger charge is 2.34. The van der Waals surface area contributed by atoms with Crippen LogP contribution in [-0.2, 0) is 4.79 Å². The summed E-state index contributed by atoms with van der Waals surface area (Å²) < 4.78 is 5.16. The molecule has 0 N–H and O–H groups in total. The summed E-state index contributed by atoms with van der Waals surface area (Å²) in [6.45, 7) is 2.39. The zero-order valence-corrected chi connectivity index (χ0v) is 18.6. The third-order valence-corrected chi connectivity index (χ3v) is 7.20. The topological polar surface area (TPSA) is 66.9 Å². The van der Waals surface area contributed by atoms with E-state index >= 15 is 0 Å². The van der Waals surface area contributed by atoms with E-state index in [4.69, 9.17) is 4.74 Å². The normalized spacial score (nSPS) is 19.8. The van der Waals surface area contributed by atoms with Gasteiger partial charge in [-0.1, -0.05) is 6.07 Å². The van der Waals surface area contributed by atoms with E-state index in [1.165, 1.54) is 11.3 Å². The summed E-state index contributed by atoms with van der Waals surface area (Å²) in [6.07, 6.45) is 3.03. The fraction of sp³-hybridized carbons (Fsp3) is 0.458. The molecule has 2 fully saturated rings. The lowest BCUT2D eigenvalue weighted by molar-refractivity contribution is -0.138. The van der Waals surface area contributed by atoms with E-state index in [1.54, 1.807) is 31.4 Å². The molecule has 1 unspecified atom stereocenters. The van der Waals surface area contributed by atoms with Crippen LogP contribution in [0.1, 0.15) is 45.7 Å². The number of ether oxygens (including phenoxy) is 1. The molecular weight excluding hydrogens is 412 g/mol. The smallest absolute Gasteiger partial charge is 0.263 e. The van der Waals surface area contributed by atoms with Gasteiger partial charge in [-0.15, -0.1) is 11.3 Å². The molecule has 164 valence electrons. The van der Waals surface area contributed by atoms with Crippen LogP contribution in [0.2, 0.25) is 0 Å². The summed E-state index contributed by atoms with van der Waals surface area (Å²) in [5, 5.41) is 1.90. The van der Waals surface area contributed by atoms with Crippen LogP contribution in [0.15, 0.2) is 41.8 Å². The Morgan fingerprint density at radius 2 is 1.68 bits per heavy atom. The van der Waals surface area contributed by atoms with Crippen LogP contribution in [0.3, 0.4) is 0 Å². The molecule has 2 aliphatic heterocycles. The van der Waals surface area contributed by atoms with Crippen molar-refractivity contribution in [3.63, 3.8) is 0 Å². The number of rotatable bonds is 5. The Labute approximate surface area is 186 Å². The maximum atomic E-state index is 13.1. The van der Waals surface area contributed by atoms with E-state index in [9.17, 15) is 14.4 Å². The Morgan fingerprint density at radius 3 is 2.32 bits per heavy atom. The second-order valence-electron chi connectivity index (χ2n) is 8.26. The third kappa shape index (κ3) is 4.82. The SMILES string of the molecule is COc1ccc(C(=O)C2CCN(C(=O)C3CCCN(C(=O)c4cccs4)C3)CC2)cc1. The number of carbonyl (C=O) groups excluding carboxylic acids is 3. The maximum absolute atomic E-state index is 13.1. The minimum Gasteiger partial charge on any atom is -0.497 e. The summed E-state index contributed by atoms with van der Waals surface area (Å²) in [6, 6.07) is 10.9. The minimum atomic E-state index is -0.147. The van der Waals surface area contributed by atoms with Crippen LogP contribution in [0, 0.1) is 11.8 Å². The first-order valence-electron chi connectivity index (χ1n) is 10.9. The molecule has 2 saturated heterocycles. The van der Waals surface area contributed by atoms with Crippen molar-refractivity contribution in [2.75, 3.05) is 33.3 Å².